The fourth-order valence-corrected chi connectivity index (χ4v) is 15.1. The first-order valence-electron chi connectivity index (χ1n) is 24.2. The van der Waals surface area contributed by atoms with Crippen LogP contribution in [-0.4, -0.2) is 70.0 Å². The van der Waals surface area contributed by atoms with Gasteiger partial charge in [0.2, 0.25) is 0 Å². The number of allylic oxidation sites excluding steroid dienone is 1. The van der Waals surface area contributed by atoms with Crippen molar-refractivity contribution in [2.75, 3.05) is 13.2 Å². The largest absolute Gasteiger partial charge is 0.481 e. The van der Waals surface area contributed by atoms with Crippen LogP contribution < -0.4 is 11.2 Å². The minimum atomic E-state index is -1.19. The minimum Gasteiger partial charge on any atom is -0.481 e. The highest BCUT2D eigenvalue weighted by Gasteiger charge is 2.71. The molecule has 6 fully saturated rings. The number of H-pyrrole nitrogens is 1. The third kappa shape index (κ3) is 8.55. The monoisotopic (exact) mass is 920 g/mol. The number of hydrogen-bond acceptors (Lipinski definition) is 11. The number of nitrogens with zero attached hydrogens (tertiary/aromatic N) is 4. The molecule has 0 bridgehead atoms. The number of carboxylic acids is 1. The number of ether oxygens (including phenoxy) is 4. The molecule has 0 radical (unpaired) electrons. The summed E-state index contributed by atoms with van der Waals surface area (Å²) in [6, 6.07) is -0.732. The topological polar surface area (TPSA) is 229 Å². The normalized spacial score (nSPS) is 37.7. The zero-order valence-corrected chi connectivity index (χ0v) is 40.6. The Labute approximate surface area is 387 Å². The van der Waals surface area contributed by atoms with Gasteiger partial charge in [0.1, 0.15) is 25.0 Å². The van der Waals surface area contributed by atoms with Crippen LogP contribution in [0.1, 0.15) is 157 Å². The molecule has 2 N–H and O–H groups in total. The number of aromatic nitrogens is 2. The molecule has 5 saturated carbocycles. The van der Waals surface area contributed by atoms with Gasteiger partial charge in [-0.1, -0.05) is 51.9 Å². The first-order chi connectivity index (χ1) is 30.8. The SMILES string of the molecule is C=C(C)[C@@H]1CC[C@]2(COC(=O)CCC(=O)OC[C@H]3O[C@@H](n4cc(C)c(=O)[nH]c4=O)C[C@@H]3N=[N+]=[N-])CC[C@]3(C)[C@H](CC[C@@H]4[C@@]5(C)CC[C@H](OC(=O)CC(C)(C)C(=O)O)C(C)(C)[C@@H]5CC[C@]43C)[C@@H]12. The van der Waals surface area contributed by atoms with Crippen molar-refractivity contribution in [1.82, 2.24) is 9.55 Å². The lowest BCUT2D eigenvalue weighted by molar-refractivity contribution is -0.252. The molecule has 0 spiro atoms. The number of azide groups is 1. The van der Waals surface area contributed by atoms with Crippen LogP contribution in [0.2, 0.25) is 0 Å². The van der Waals surface area contributed by atoms with E-state index >= 15 is 0 Å². The molecule has 0 aromatic carbocycles. The van der Waals surface area contributed by atoms with Crippen LogP contribution >= 0.6 is 0 Å². The first-order valence-corrected chi connectivity index (χ1v) is 24.2. The number of nitrogens with one attached hydrogen (secondary N) is 1. The maximum Gasteiger partial charge on any atom is 0.330 e. The molecule has 2 heterocycles. The summed E-state index contributed by atoms with van der Waals surface area (Å²) in [6.45, 7) is 23.5. The summed E-state index contributed by atoms with van der Waals surface area (Å²) >= 11 is 0. The summed E-state index contributed by atoms with van der Waals surface area (Å²) in [4.78, 5) is 80.8. The molecule has 1 saturated heterocycles. The van der Waals surface area contributed by atoms with E-state index in [-0.39, 0.29) is 65.5 Å². The van der Waals surface area contributed by atoms with Gasteiger partial charge < -0.3 is 24.1 Å². The summed E-state index contributed by atoms with van der Waals surface area (Å²) in [5.41, 5.74) is 7.98. The van der Waals surface area contributed by atoms with E-state index < -0.39 is 58.9 Å². The molecule has 7 rings (SSSR count). The van der Waals surface area contributed by atoms with E-state index in [4.69, 9.17) is 24.5 Å². The number of aromatic amines is 1. The molecule has 1 aliphatic heterocycles. The molecule has 13 atom stereocenters. The number of aliphatic carboxylic acids is 1. The molecule has 5 aliphatic carbocycles. The Morgan fingerprint density at radius 3 is 2.30 bits per heavy atom. The van der Waals surface area contributed by atoms with Gasteiger partial charge in [-0.2, -0.15) is 0 Å². The standard InChI is InChI=1S/C50H73N5O11/c1-28(2)30-15-20-50(27-64-39(57)14-13-38(56)63-26-33-32(53-54-51)23-37(65-33)55-25-29(3)42(59)52-44(55)62)22-21-48(9)31(41(30)50)11-12-35-47(8)18-17-36(66-40(58)24-45(4,5)43(60)61)46(6,7)34(47)16-19-49(35,48)10/h25,30-37,41H,1,11-24,26-27H2,2-10H3,(H,60,61)(H,52,59,62)/t30-,31+,32-,33+,34-,35+,36-,37+,41+,47-,48+,49+,50+/m0/s1. The van der Waals surface area contributed by atoms with Crippen LogP contribution in [0.15, 0.2) is 33.1 Å². The second-order valence-corrected chi connectivity index (χ2v) is 23.2. The molecule has 0 unspecified atom stereocenters. The average Bonchev–Trinajstić information content (AvgIpc) is 3.83. The number of esters is 3. The summed E-state index contributed by atoms with van der Waals surface area (Å²) in [5, 5.41) is 13.4. The van der Waals surface area contributed by atoms with E-state index in [0.717, 1.165) is 64.2 Å². The lowest BCUT2D eigenvalue weighted by atomic mass is 9.32. The maximum absolute atomic E-state index is 13.4. The van der Waals surface area contributed by atoms with Crippen molar-refractivity contribution in [2.24, 2.45) is 67.2 Å². The molecule has 0 amide bonds. The van der Waals surface area contributed by atoms with E-state index in [2.05, 4.69) is 63.1 Å². The molecular weight excluding hydrogens is 847 g/mol. The second-order valence-electron chi connectivity index (χ2n) is 23.2. The number of hydrogen-bond donors (Lipinski definition) is 2. The van der Waals surface area contributed by atoms with Gasteiger partial charge in [0.05, 0.1) is 37.3 Å². The second kappa shape index (κ2) is 17.9. The van der Waals surface area contributed by atoms with Crippen LogP contribution in [-0.2, 0) is 38.1 Å². The van der Waals surface area contributed by atoms with Crippen LogP contribution in [0.5, 0.6) is 0 Å². The van der Waals surface area contributed by atoms with Gasteiger partial charge in [-0.05, 0) is 143 Å². The molecular formula is C50H73N5O11. The summed E-state index contributed by atoms with van der Waals surface area (Å²) in [6.07, 6.45) is 9.02. The zero-order valence-electron chi connectivity index (χ0n) is 40.6. The molecule has 6 aliphatic rings. The number of fused-ring (bicyclic) bond motifs is 7. The van der Waals surface area contributed by atoms with Gasteiger partial charge in [-0.15, -0.1) is 0 Å². The van der Waals surface area contributed by atoms with Crippen molar-refractivity contribution in [3.8, 4) is 0 Å². The van der Waals surface area contributed by atoms with Crippen molar-refractivity contribution in [1.29, 1.82) is 0 Å². The maximum atomic E-state index is 13.4. The molecule has 16 heteroatoms. The van der Waals surface area contributed by atoms with Gasteiger partial charge in [0.25, 0.3) is 5.56 Å². The van der Waals surface area contributed by atoms with Gasteiger partial charge >= 0.3 is 29.6 Å². The van der Waals surface area contributed by atoms with Gasteiger partial charge in [-0.25, -0.2) is 4.79 Å². The van der Waals surface area contributed by atoms with Gasteiger partial charge in [-0.3, -0.25) is 33.5 Å². The fourth-order valence-electron chi connectivity index (χ4n) is 15.1. The Morgan fingerprint density at radius 2 is 1.64 bits per heavy atom. The summed E-state index contributed by atoms with van der Waals surface area (Å²) in [5.74, 6) is -0.650. The Balaban J connectivity index is 0.979. The number of rotatable bonds is 14. The number of aryl methyl sites for hydroxylation is 1. The molecule has 364 valence electrons. The summed E-state index contributed by atoms with van der Waals surface area (Å²) < 4.78 is 25.0. The number of carbonyl (C=O) groups excluding carboxylic acids is 3. The van der Waals surface area contributed by atoms with Gasteiger partial charge in [0.15, 0.2) is 0 Å². The molecule has 1 aromatic rings. The third-order valence-electron chi connectivity index (χ3n) is 18.9. The van der Waals surface area contributed by atoms with Crippen LogP contribution in [0.4, 0.5) is 0 Å². The Hall–Kier alpha value is -4.43. The number of carbonyl (C=O) groups is 4. The zero-order chi connectivity index (χ0) is 48.4. The highest BCUT2D eigenvalue weighted by atomic mass is 16.6. The Morgan fingerprint density at radius 1 is 0.939 bits per heavy atom. The molecule has 66 heavy (non-hydrogen) atoms. The highest BCUT2D eigenvalue weighted by molar-refractivity contribution is 5.81. The van der Waals surface area contributed by atoms with Crippen LogP contribution in [0, 0.1) is 69.0 Å². The quantitative estimate of drug-likeness (QED) is 0.0447. The minimum absolute atomic E-state index is 0.0475. The Bertz CT molecular complexity index is 2280. The fraction of sp³-hybridized carbons (Fsp3) is 0.800. The number of carboxylic acid groups (broad SMARTS) is 1. The summed E-state index contributed by atoms with van der Waals surface area (Å²) in [7, 11) is 0. The van der Waals surface area contributed by atoms with Crippen molar-refractivity contribution in [3.05, 3.63) is 55.2 Å². The smallest absolute Gasteiger partial charge is 0.330 e. The molecule has 1 aromatic heterocycles. The van der Waals surface area contributed by atoms with Crippen molar-refractivity contribution < 1.29 is 43.2 Å². The van der Waals surface area contributed by atoms with E-state index in [1.54, 1.807) is 20.8 Å². The van der Waals surface area contributed by atoms with E-state index in [9.17, 15) is 33.9 Å². The van der Waals surface area contributed by atoms with E-state index in [0.29, 0.717) is 41.8 Å². The highest BCUT2D eigenvalue weighted by Crippen LogP contribution is 2.77. The van der Waals surface area contributed by atoms with Crippen LogP contribution in [0.25, 0.3) is 10.4 Å². The predicted molar refractivity (Wildman–Crippen MR) is 244 cm³/mol. The van der Waals surface area contributed by atoms with E-state index in [1.807, 2.05) is 0 Å². The van der Waals surface area contributed by atoms with E-state index in [1.165, 1.54) is 16.3 Å². The van der Waals surface area contributed by atoms with Crippen molar-refractivity contribution >= 4 is 23.9 Å². The first kappa shape index (κ1) is 49.5. The van der Waals surface area contributed by atoms with Crippen molar-refractivity contribution in [3.63, 3.8) is 0 Å². The lowest BCUT2D eigenvalue weighted by Gasteiger charge is -2.73. The Kier molecular flexibility index (Phi) is 13.4. The molecule has 16 nitrogen and oxygen atoms in total. The third-order valence-corrected chi connectivity index (χ3v) is 18.9. The average molecular weight is 920 g/mol. The lowest BCUT2D eigenvalue weighted by Crippen LogP contribution is -2.67. The van der Waals surface area contributed by atoms with Crippen molar-refractivity contribution in [2.45, 2.75) is 177 Å². The van der Waals surface area contributed by atoms with Crippen LogP contribution in [0.3, 0.4) is 0 Å². The van der Waals surface area contributed by atoms with Gasteiger partial charge in [0, 0.05) is 33.9 Å². The predicted octanol–water partition coefficient (Wildman–Crippen LogP) is 8.75.